The lowest BCUT2D eigenvalue weighted by atomic mass is 10.2. The fraction of sp³-hybridized carbons (Fsp3) is 0.231. The summed E-state index contributed by atoms with van der Waals surface area (Å²) < 4.78 is 12.9. The second-order valence-corrected chi connectivity index (χ2v) is 4.98. The molecule has 6 heteroatoms. The fourth-order valence-electron chi connectivity index (χ4n) is 1.74. The summed E-state index contributed by atoms with van der Waals surface area (Å²) in [6.07, 6.45) is 1.17. The number of aryl methyl sites for hydroxylation is 1. The van der Waals surface area contributed by atoms with Crippen molar-refractivity contribution in [3.8, 4) is 11.5 Å². The number of para-hydroxylation sites is 2. The Morgan fingerprint density at radius 1 is 1.42 bits per heavy atom. The van der Waals surface area contributed by atoms with E-state index in [4.69, 9.17) is 9.47 Å². The number of carbonyl (C=O) groups excluding carboxylic acids is 1. The number of fused-ring (bicyclic) bond motifs is 1. The lowest BCUT2D eigenvalue weighted by Gasteiger charge is -2.23. The first-order valence-corrected chi connectivity index (χ1v) is 6.69. The number of hydrogen-bond donors (Lipinski definition) is 0. The van der Waals surface area contributed by atoms with Crippen LogP contribution in [0.3, 0.4) is 0 Å². The number of aromatic nitrogens is 1. The van der Waals surface area contributed by atoms with Crippen LogP contribution in [-0.4, -0.2) is 23.2 Å². The van der Waals surface area contributed by atoms with Gasteiger partial charge in [0.1, 0.15) is 6.61 Å². The highest BCUT2D eigenvalue weighted by Gasteiger charge is 2.26. The number of hydrogen-bond acceptors (Lipinski definition) is 4. The van der Waals surface area contributed by atoms with Crippen molar-refractivity contribution in [2.75, 3.05) is 6.61 Å². The molecule has 0 radical (unpaired) electrons. The van der Waals surface area contributed by atoms with Crippen LogP contribution < -0.4 is 14.3 Å². The fourth-order valence-corrected chi connectivity index (χ4v) is 2.48. The molecule has 1 amide bonds. The molecule has 98 valence electrons. The third kappa shape index (κ3) is 2.39. The molecule has 0 saturated carbocycles. The second-order valence-electron chi connectivity index (χ2n) is 4.11. The van der Waals surface area contributed by atoms with Crippen molar-refractivity contribution in [2.45, 2.75) is 6.10 Å². The maximum absolute atomic E-state index is 12.0. The summed E-state index contributed by atoms with van der Waals surface area (Å²) in [7, 11) is 1.84. The first-order chi connectivity index (χ1) is 9.24. The molecule has 1 atom stereocenters. The maximum Gasteiger partial charge on any atom is 0.292 e. The molecule has 1 aromatic carbocycles. The molecule has 1 aliphatic heterocycles. The van der Waals surface area contributed by atoms with E-state index in [2.05, 4.69) is 4.99 Å². The van der Waals surface area contributed by atoms with Crippen LogP contribution in [0, 0.1) is 0 Å². The van der Waals surface area contributed by atoms with Crippen LogP contribution in [0.1, 0.15) is 0 Å². The topological polar surface area (TPSA) is 52.8 Å². The highest BCUT2D eigenvalue weighted by atomic mass is 32.1. The molecule has 0 fully saturated rings. The molecule has 3 rings (SSSR count). The molecule has 1 aliphatic rings. The molecule has 19 heavy (non-hydrogen) atoms. The zero-order valence-corrected chi connectivity index (χ0v) is 11.1. The van der Waals surface area contributed by atoms with Gasteiger partial charge >= 0.3 is 0 Å². The highest BCUT2D eigenvalue weighted by molar-refractivity contribution is 7.07. The third-order valence-corrected chi connectivity index (χ3v) is 3.60. The second kappa shape index (κ2) is 4.89. The largest absolute Gasteiger partial charge is 0.485 e. The number of benzene rings is 1. The predicted molar refractivity (Wildman–Crippen MR) is 70.2 cm³/mol. The summed E-state index contributed by atoms with van der Waals surface area (Å²) in [5.74, 6) is 0.915. The minimum Gasteiger partial charge on any atom is -0.485 e. The van der Waals surface area contributed by atoms with Crippen LogP contribution in [-0.2, 0) is 11.8 Å². The van der Waals surface area contributed by atoms with Crippen LogP contribution in [0.5, 0.6) is 11.5 Å². The molecule has 0 N–H and O–H groups in total. The number of thiazole rings is 1. The third-order valence-electron chi connectivity index (χ3n) is 2.75. The molecular formula is C13H12N2O3S. The Hall–Kier alpha value is -2.08. The predicted octanol–water partition coefficient (Wildman–Crippen LogP) is 1.35. The normalized spacial score (nSPS) is 18.4. The first-order valence-electron chi connectivity index (χ1n) is 5.81. The average Bonchev–Trinajstić information content (AvgIpc) is 2.84. The van der Waals surface area contributed by atoms with E-state index in [1.165, 1.54) is 11.3 Å². The molecule has 0 spiro atoms. The van der Waals surface area contributed by atoms with Gasteiger partial charge in [-0.15, -0.1) is 11.3 Å². The van der Waals surface area contributed by atoms with Crippen molar-refractivity contribution in [3.63, 3.8) is 0 Å². The van der Waals surface area contributed by atoms with E-state index in [9.17, 15) is 4.79 Å². The molecule has 0 unspecified atom stereocenters. The molecule has 0 aliphatic carbocycles. The molecule has 0 bridgehead atoms. The minimum atomic E-state index is -0.683. The lowest BCUT2D eigenvalue weighted by molar-refractivity contribution is -0.127. The average molecular weight is 276 g/mol. The van der Waals surface area contributed by atoms with Gasteiger partial charge in [0.25, 0.3) is 5.91 Å². The zero-order valence-electron chi connectivity index (χ0n) is 10.3. The standard InChI is InChI=1S/C13H12N2O3S/c1-15-6-7-19-13(15)14-12(16)11-8-17-9-4-2-3-5-10(9)18-11/h2-7,11H,8H2,1H3/t11-/m1/s1. The quantitative estimate of drug-likeness (QED) is 0.790. The SMILES string of the molecule is Cn1ccsc1=NC(=O)[C@H]1COc2ccccc2O1. The molecule has 2 heterocycles. The van der Waals surface area contributed by atoms with Gasteiger partial charge in [-0.1, -0.05) is 12.1 Å². The smallest absolute Gasteiger partial charge is 0.292 e. The van der Waals surface area contributed by atoms with Gasteiger partial charge in [0.2, 0.25) is 6.10 Å². The Bertz CT molecular complexity index is 674. The molecule has 2 aromatic rings. The van der Waals surface area contributed by atoms with E-state index in [1.54, 1.807) is 10.6 Å². The summed E-state index contributed by atoms with van der Waals surface area (Å²) >= 11 is 1.41. The number of amides is 1. The maximum atomic E-state index is 12.0. The minimum absolute atomic E-state index is 0.189. The number of ether oxygens (including phenoxy) is 2. The summed E-state index contributed by atoms with van der Waals surface area (Å²) in [4.78, 5) is 16.7. The van der Waals surface area contributed by atoms with E-state index in [0.717, 1.165) is 0 Å². The van der Waals surface area contributed by atoms with Crippen molar-refractivity contribution in [1.29, 1.82) is 0 Å². The monoisotopic (exact) mass is 276 g/mol. The van der Waals surface area contributed by atoms with Crippen molar-refractivity contribution < 1.29 is 14.3 Å². The summed E-state index contributed by atoms with van der Waals surface area (Å²) in [5.41, 5.74) is 0. The van der Waals surface area contributed by atoms with Gasteiger partial charge < -0.3 is 14.0 Å². The molecule has 1 aromatic heterocycles. The van der Waals surface area contributed by atoms with Gasteiger partial charge in [-0.25, -0.2) is 0 Å². The van der Waals surface area contributed by atoms with Gasteiger partial charge in [0, 0.05) is 18.6 Å². The van der Waals surface area contributed by atoms with Crippen molar-refractivity contribution in [2.24, 2.45) is 12.0 Å². The van der Waals surface area contributed by atoms with Crippen LogP contribution >= 0.6 is 11.3 Å². The Morgan fingerprint density at radius 3 is 2.95 bits per heavy atom. The van der Waals surface area contributed by atoms with Gasteiger partial charge in [-0.3, -0.25) is 4.79 Å². The lowest BCUT2D eigenvalue weighted by Crippen LogP contribution is -2.36. The van der Waals surface area contributed by atoms with Crippen LogP contribution in [0.2, 0.25) is 0 Å². The Kier molecular flexibility index (Phi) is 3.08. The highest BCUT2D eigenvalue weighted by Crippen LogP contribution is 2.30. The zero-order chi connectivity index (χ0) is 13.2. The van der Waals surface area contributed by atoms with Crippen molar-refractivity contribution >= 4 is 17.2 Å². The van der Waals surface area contributed by atoms with E-state index in [0.29, 0.717) is 16.3 Å². The van der Waals surface area contributed by atoms with Gasteiger partial charge in [0.05, 0.1) is 0 Å². The molecule has 0 saturated heterocycles. The van der Waals surface area contributed by atoms with E-state index in [-0.39, 0.29) is 12.5 Å². The Balaban J connectivity index is 1.82. The van der Waals surface area contributed by atoms with Gasteiger partial charge in [-0.2, -0.15) is 4.99 Å². The van der Waals surface area contributed by atoms with Gasteiger partial charge in [0.15, 0.2) is 16.3 Å². The number of nitrogens with zero attached hydrogens (tertiary/aromatic N) is 2. The van der Waals surface area contributed by atoms with Crippen molar-refractivity contribution in [1.82, 2.24) is 4.57 Å². The molecular weight excluding hydrogens is 264 g/mol. The Morgan fingerprint density at radius 2 is 2.21 bits per heavy atom. The van der Waals surface area contributed by atoms with Crippen LogP contribution in [0.15, 0.2) is 40.8 Å². The van der Waals surface area contributed by atoms with E-state index in [1.807, 2.05) is 36.8 Å². The van der Waals surface area contributed by atoms with Gasteiger partial charge in [-0.05, 0) is 12.1 Å². The van der Waals surface area contributed by atoms with E-state index >= 15 is 0 Å². The summed E-state index contributed by atoms with van der Waals surface area (Å²) in [5, 5.41) is 1.87. The van der Waals surface area contributed by atoms with E-state index < -0.39 is 6.10 Å². The number of carbonyl (C=O) groups is 1. The summed E-state index contributed by atoms with van der Waals surface area (Å²) in [6, 6.07) is 7.29. The first kappa shape index (κ1) is 12.0. The Labute approximate surface area is 113 Å². The molecule has 5 nitrogen and oxygen atoms in total. The summed E-state index contributed by atoms with van der Waals surface area (Å²) in [6.45, 7) is 0.189. The van der Waals surface area contributed by atoms with Crippen LogP contribution in [0.4, 0.5) is 0 Å². The van der Waals surface area contributed by atoms with Crippen LogP contribution in [0.25, 0.3) is 0 Å². The number of rotatable bonds is 1. The van der Waals surface area contributed by atoms with Crippen molar-refractivity contribution in [3.05, 3.63) is 40.6 Å².